The quantitative estimate of drug-likeness (QED) is 0.816. The molecule has 0 aromatic carbocycles. The average Bonchev–Trinajstić information content (AvgIpc) is 2.63. The Hall–Kier alpha value is -0.580. The Morgan fingerprint density at radius 2 is 2.18 bits per heavy atom. The highest BCUT2D eigenvalue weighted by Gasteiger charge is 2.15. The van der Waals surface area contributed by atoms with Crippen molar-refractivity contribution in [2.45, 2.75) is 46.4 Å². The molecule has 0 spiro atoms. The molecule has 4 nitrogen and oxygen atoms in total. The SMILES string of the molecule is CCc1nn(CC)c(COC(C)CNC)c1Cl. The highest BCUT2D eigenvalue weighted by molar-refractivity contribution is 6.31. The predicted octanol–water partition coefficient (Wildman–Crippen LogP) is 2.24. The largest absolute Gasteiger partial charge is 0.371 e. The fourth-order valence-electron chi connectivity index (χ4n) is 1.72. The van der Waals surface area contributed by atoms with Crippen LogP contribution >= 0.6 is 11.6 Å². The van der Waals surface area contributed by atoms with Crippen LogP contribution < -0.4 is 5.32 Å². The van der Waals surface area contributed by atoms with Gasteiger partial charge in [-0.1, -0.05) is 18.5 Å². The van der Waals surface area contributed by atoms with Crippen molar-refractivity contribution in [1.82, 2.24) is 15.1 Å². The smallest absolute Gasteiger partial charge is 0.0904 e. The van der Waals surface area contributed by atoms with Gasteiger partial charge in [0.2, 0.25) is 0 Å². The van der Waals surface area contributed by atoms with E-state index in [4.69, 9.17) is 16.3 Å². The summed E-state index contributed by atoms with van der Waals surface area (Å²) in [5.41, 5.74) is 1.93. The Kier molecular flexibility index (Phi) is 5.95. The van der Waals surface area contributed by atoms with Gasteiger partial charge in [-0.3, -0.25) is 4.68 Å². The van der Waals surface area contributed by atoms with Crippen molar-refractivity contribution in [3.8, 4) is 0 Å². The van der Waals surface area contributed by atoms with Crippen LogP contribution in [0, 0.1) is 0 Å². The summed E-state index contributed by atoms with van der Waals surface area (Å²) in [5.74, 6) is 0. The van der Waals surface area contributed by atoms with Crippen LogP contribution in [0.2, 0.25) is 5.02 Å². The first-order valence-corrected chi connectivity index (χ1v) is 6.52. The average molecular weight is 260 g/mol. The normalized spacial score (nSPS) is 13.0. The van der Waals surface area contributed by atoms with E-state index in [1.807, 2.05) is 18.7 Å². The summed E-state index contributed by atoms with van der Waals surface area (Å²) in [6.45, 7) is 8.32. The van der Waals surface area contributed by atoms with Gasteiger partial charge in [0, 0.05) is 13.1 Å². The highest BCUT2D eigenvalue weighted by atomic mass is 35.5. The van der Waals surface area contributed by atoms with Crippen LogP contribution in [0.25, 0.3) is 0 Å². The third kappa shape index (κ3) is 3.69. The third-order valence-corrected chi connectivity index (χ3v) is 3.13. The minimum absolute atomic E-state index is 0.168. The fourth-order valence-corrected chi connectivity index (χ4v) is 2.05. The zero-order valence-corrected chi connectivity index (χ0v) is 11.8. The van der Waals surface area contributed by atoms with Crippen molar-refractivity contribution in [2.24, 2.45) is 0 Å². The summed E-state index contributed by atoms with van der Waals surface area (Å²) >= 11 is 6.29. The van der Waals surface area contributed by atoms with Gasteiger partial charge in [-0.15, -0.1) is 0 Å². The van der Waals surface area contributed by atoms with Crippen LogP contribution in [-0.2, 0) is 24.3 Å². The molecule has 1 aromatic rings. The van der Waals surface area contributed by atoms with Gasteiger partial charge in [0.05, 0.1) is 29.1 Å². The van der Waals surface area contributed by atoms with E-state index in [2.05, 4.69) is 24.3 Å². The molecule has 0 aliphatic heterocycles. The number of aryl methyl sites for hydroxylation is 2. The molecule has 0 radical (unpaired) electrons. The molecule has 0 fully saturated rings. The summed E-state index contributed by atoms with van der Waals surface area (Å²) in [6, 6.07) is 0. The molecular weight excluding hydrogens is 238 g/mol. The fraction of sp³-hybridized carbons (Fsp3) is 0.750. The van der Waals surface area contributed by atoms with Gasteiger partial charge in [-0.2, -0.15) is 5.10 Å². The van der Waals surface area contributed by atoms with E-state index in [1.54, 1.807) is 0 Å². The van der Waals surface area contributed by atoms with Gasteiger partial charge in [0.15, 0.2) is 0 Å². The van der Waals surface area contributed by atoms with Gasteiger partial charge in [-0.05, 0) is 27.3 Å². The number of aromatic nitrogens is 2. The van der Waals surface area contributed by atoms with Gasteiger partial charge in [0.1, 0.15) is 0 Å². The number of halogens is 1. The first kappa shape index (κ1) is 14.5. The zero-order chi connectivity index (χ0) is 12.8. The second-order valence-corrected chi connectivity index (χ2v) is 4.43. The van der Waals surface area contributed by atoms with Crippen molar-refractivity contribution < 1.29 is 4.74 Å². The molecule has 1 rings (SSSR count). The second kappa shape index (κ2) is 6.99. The number of nitrogens with zero attached hydrogens (tertiary/aromatic N) is 2. The van der Waals surface area contributed by atoms with Crippen LogP contribution in [0.3, 0.4) is 0 Å². The molecule has 0 saturated heterocycles. The van der Waals surface area contributed by atoms with E-state index >= 15 is 0 Å². The van der Waals surface area contributed by atoms with E-state index in [0.29, 0.717) is 6.61 Å². The summed E-state index contributed by atoms with van der Waals surface area (Å²) in [5, 5.41) is 8.30. The maximum Gasteiger partial charge on any atom is 0.0904 e. The zero-order valence-electron chi connectivity index (χ0n) is 11.1. The topological polar surface area (TPSA) is 39.1 Å². The van der Waals surface area contributed by atoms with E-state index in [-0.39, 0.29) is 6.10 Å². The number of rotatable bonds is 7. The maximum absolute atomic E-state index is 6.29. The molecule has 1 unspecified atom stereocenters. The van der Waals surface area contributed by atoms with Crippen LogP contribution in [0.1, 0.15) is 32.2 Å². The van der Waals surface area contributed by atoms with Crippen molar-refractivity contribution in [3.05, 3.63) is 16.4 Å². The van der Waals surface area contributed by atoms with Crippen molar-refractivity contribution in [2.75, 3.05) is 13.6 Å². The molecule has 0 aliphatic carbocycles. The summed E-state index contributed by atoms with van der Waals surface area (Å²) < 4.78 is 7.67. The Balaban J connectivity index is 2.72. The number of likely N-dealkylation sites (N-methyl/N-ethyl adjacent to an activating group) is 1. The standard InChI is InChI=1S/C12H22ClN3O/c1-5-10-12(13)11(16(6-2)15-10)8-17-9(3)7-14-4/h9,14H,5-8H2,1-4H3. The summed E-state index contributed by atoms with van der Waals surface area (Å²) in [6.07, 6.45) is 1.02. The molecule has 0 aliphatic rings. The summed E-state index contributed by atoms with van der Waals surface area (Å²) in [7, 11) is 1.92. The minimum atomic E-state index is 0.168. The lowest BCUT2D eigenvalue weighted by Crippen LogP contribution is -2.24. The number of hydrogen-bond donors (Lipinski definition) is 1. The van der Waals surface area contributed by atoms with Crippen LogP contribution in [0.4, 0.5) is 0 Å². The lowest BCUT2D eigenvalue weighted by Gasteiger charge is -2.13. The van der Waals surface area contributed by atoms with Crippen molar-refractivity contribution in [1.29, 1.82) is 0 Å². The molecule has 0 saturated carbocycles. The van der Waals surface area contributed by atoms with E-state index in [1.165, 1.54) is 0 Å². The van der Waals surface area contributed by atoms with E-state index < -0.39 is 0 Å². The molecule has 1 heterocycles. The first-order valence-electron chi connectivity index (χ1n) is 6.14. The lowest BCUT2D eigenvalue weighted by atomic mass is 10.3. The predicted molar refractivity (Wildman–Crippen MR) is 70.5 cm³/mol. The molecular formula is C12H22ClN3O. The van der Waals surface area contributed by atoms with Crippen LogP contribution in [0.5, 0.6) is 0 Å². The van der Waals surface area contributed by atoms with Crippen LogP contribution in [-0.4, -0.2) is 29.5 Å². The van der Waals surface area contributed by atoms with E-state index in [0.717, 1.165) is 35.9 Å². The highest BCUT2D eigenvalue weighted by Crippen LogP contribution is 2.22. The first-order chi connectivity index (χ1) is 8.13. The molecule has 1 atom stereocenters. The Bertz CT molecular complexity index is 352. The number of nitrogens with one attached hydrogen (secondary N) is 1. The lowest BCUT2D eigenvalue weighted by molar-refractivity contribution is 0.0504. The van der Waals surface area contributed by atoms with E-state index in [9.17, 15) is 0 Å². The molecule has 1 aromatic heterocycles. The van der Waals surface area contributed by atoms with Gasteiger partial charge in [-0.25, -0.2) is 0 Å². The number of hydrogen-bond acceptors (Lipinski definition) is 3. The maximum atomic E-state index is 6.29. The molecule has 17 heavy (non-hydrogen) atoms. The van der Waals surface area contributed by atoms with Crippen molar-refractivity contribution in [3.63, 3.8) is 0 Å². The van der Waals surface area contributed by atoms with Crippen molar-refractivity contribution >= 4 is 11.6 Å². The number of ether oxygens (including phenoxy) is 1. The van der Waals surface area contributed by atoms with Gasteiger partial charge < -0.3 is 10.1 Å². The van der Waals surface area contributed by atoms with Gasteiger partial charge in [0.25, 0.3) is 0 Å². The third-order valence-electron chi connectivity index (χ3n) is 2.69. The van der Waals surface area contributed by atoms with Crippen LogP contribution in [0.15, 0.2) is 0 Å². The molecule has 0 amide bonds. The van der Waals surface area contributed by atoms with Gasteiger partial charge >= 0.3 is 0 Å². The summed E-state index contributed by atoms with van der Waals surface area (Å²) in [4.78, 5) is 0. The molecule has 5 heteroatoms. The second-order valence-electron chi connectivity index (χ2n) is 4.06. The molecule has 0 bridgehead atoms. The minimum Gasteiger partial charge on any atom is -0.371 e. The monoisotopic (exact) mass is 259 g/mol. The Morgan fingerprint density at radius 3 is 2.71 bits per heavy atom. The molecule has 98 valence electrons. The molecule has 1 N–H and O–H groups in total. The Labute approximate surface area is 108 Å². The Morgan fingerprint density at radius 1 is 1.47 bits per heavy atom.